The molecule has 0 heterocycles. The van der Waals surface area contributed by atoms with E-state index >= 15 is 0 Å². The molecule has 2 rings (SSSR count). The van der Waals surface area contributed by atoms with Crippen molar-refractivity contribution >= 4 is 57.3 Å². The minimum absolute atomic E-state index is 0.0498. The van der Waals surface area contributed by atoms with Crippen LogP contribution in [0.1, 0.15) is 15.9 Å². The van der Waals surface area contributed by atoms with Crippen molar-refractivity contribution in [2.75, 3.05) is 11.8 Å². The second kappa shape index (κ2) is 10.7. The van der Waals surface area contributed by atoms with Gasteiger partial charge in [0.05, 0.1) is 15.5 Å². The molecule has 0 amide bonds. The van der Waals surface area contributed by atoms with Gasteiger partial charge in [-0.1, -0.05) is 11.6 Å². The standard InChI is InChI=1S/C14H6Cl2F3NO4.C2H4Cl2/c15-10-5-7(14(17,18)19)1-4-12(10)24-8-2-3-11(20(22)23)9(6-8)13(16)21;3-1-2-4/h1-6H;1-2H2. The van der Waals surface area contributed by atoms with Crippen LogP contribution in [0.5, 0.6) is 11.5 Å². The fraction of sp³-hybridized carbons (Fsp3) is 0.188. The third-order valence-electron chi connectivity index (χ3n) is 2.93. The van der Waals surface area contributed by atoms with E-state index in [0.717, 1.165) is 30.3 Å². The van der Waals surface area contributed by atoms with Gasteiger partial charge in [0.15, 0.2) is 0 Å². The van der Waals surface area contributed by atoms with Crippen LogP contribution in [-0.4, -0.2) is 21.9 Å². The Hall–Kier alpha value is -1.74. The van der Waals surface area contributed by atoms with E-state index in [4.69, 9.17) is 51.1 Å². The summed E-state index contributed by atoms with van der Waals surface area (Å²) in [4.78, 5) is 21.3. The molecule has 0 aliphatic carbocycles. The predicted octanol–water partition coefficient (Wildman–Crippen LogP) is 6.90. The Morgan fingerprint density at radius 3 is 2.14 bits per heavy atom. The van der Waals surface area contributed by atoms with Crippen LogP contribution in [0.15, 0.2) is 36.4 Å². The van der Waals surface area contributed by atoms with Crippen molar-refractivity contribution in [1.82, 2.24) is 0 Å². The van der Waals surface area contributed by atoms with E-state index in [0.29, 0.717) is 17.8 Å². The molecule has 0 fully saturated rings. The van der Waals surface area contributed by atoms with E-state index < -0.39 is 33.2 Å². The molecule has 2 aromatic carbocycles. The van der Waals surface area contributed by atoms with Crippen LogP contribution in [-0.2, 0) is 6.18 Å². The first-order valence-corrected chi connectivity index (χ1v) is 8.98. The van der Waals surface area contributed by atoms with E-state index in [1.54, 1.807) is 0 Å². The summed E-state index contributed by atoms with van der Waals surface area (Å²) < 4.78 is 43.0. The van der Waals surface area contributed by atoms with Gasteiger partial charge in [-0.2, -0.15) is 13.2 Å². The number of halogens is 7. The number of alkyl halides is 5. The summed E-state index contributed by atoms with van der Waals surface area (Å²) in [5.41, 5.74) is -1.90. The molecule has 2 aromatic rings. The van der Waals surface area contributed by atoms with Crippen LogP contribution in [0.2, 0.25) is 5.02 Å². The summed E-state index contributed by atoms with van der Waals surface area (Å²) in [5, 5.41) is 9.41. The number of rotatable bonds is 5. The van der Waals surface area contributed by atoms with Gasteiger partial charge in [-0.3, -0.25) is 14.9 Å². The lowest BCUT2D eigenvalue weighted by Gasteiger charge is -2.11. The Balaban J connectivity index is 0.000000892. The number of nitro groups is 1. The fourth-order valence-corrected chi connectivity index (χ4v) is 2.15. The number of ether oxygens (including phenoxy) is 1. The largest absolute Gasteiger partial charge is 0.456 e. The van der Waals surface area contributed by atoms with E-state index in [1.165, 1.54) is 0 Å². The maximum absolute atomic E-state index is 12.6. The van der Waals surface area contributed by atoms with Crippen molar-refractivity contribution < 1.29 is 27.6 Å². The van der Waals surface area contributed by atoms with Gasteiger partial charge < -0.3 is 4.74 Å². The summed E-state index contributed by atoms with van der Waals surface area (Å²) >= 11 is 21.1. The number of benzene rings is 2. The first-order valence-electron chi connectivity index (χ1n) is 7.16. The highest BCUT2D eigenvalue weighted by Crippen LogP contribution is 2.37. The highest BCUT2D eigenvalue weighted by molar-refractivity contribution is 6.68. The number of carbonyl (C=O) groups is 1. The van der Waals surface area contributed by atoms with Gasteiger partial charge in [0.25, 0.3) is 10.9 Å². The molecule has 0 N–H and O–H groups in total. The molecule has 0 aliphatic heterocycles. The monoisotopic (exact) mass is 477 g/mol. The Bertz CT molecular complexity index is 860. The topological polar surface area (TPSA) is 69.4 Å². The number of carbonyl (C=O) groups excluding carboxylic acids is 1. The Kier molecular flexibility index (Phi) is 9.29. The van der Waals surface area contributed by atoms with E-state index in [9.17, 15) is 28.1 Å². The first-order chi connectivity index (χ1) is 13.0. The summed E-state index contributed by atoms with van der Waals surface area (Å²) in [5.74, 6) is 0.945. The van der Waals surface area contributed by atoms with Gasteiger partial charge >= 0.3 is 6.18 Å². The molecule has 28 heavy (non-hydrogen) atoms. The van der Waals surface area contributed by atoms with Crippen LogP contribution in [0.4, 0.5) is 18.9 Å². The zero-order valence-corrected chi connectivity index (χ0v) is 16.6. The SMILES string of the molecule is ClCCCl.O=C(Cl)c1cc(Oc2ccc(C(F)(F)F)cc2Cl)ccc1[N+](=O)[O-]. The van der Waals surface area contributed by atoms with Crippen LogP contribution in [0.3, 0.4) is 0 Å². The number of hydrogen-bond donors (Lipinski definition) is 0. The Morgan fingerprint density at radius 2 is 1.71 bits per heavy atom. The molecule has 0 bridgehead atoms. The lowest BCUT2D eigenvalue weighted by Crippen LogP contribution is -2.04. The molecule has 0 radical (unpaired) electrons. The van der Waals surface area contributed by atoms with Gasteiger partial charge in [-0.15, -0.1) is 23.2 Å². The van der Waals surface area contributed by atoms with Gasteiger partial charge in [0.1, 0.15) is 17.1 Å². The fourth-order valence-electron chi connectivity index (χ4n) is 1.78. The average molecular weight is 479 g/mol. The molecule has 0 saturated carbocycles. The first kappa shape index (κ1) is 24.3. The van der Waals surface area contributed by atoms with Gasteiger partial charge in [-0.25, -0.2) is 0 Å². The van der Waals surface area contributed by atoms with Crippen LogP contribution in [0.25, 0.3) is 0 Å². The minimum Gasteiger partial charge on any atom is -0.456 e. The van der Waals surface area contributed by atoms with Crippen molar-refractivity contribution in [3.8, 4) is 11.5 Å². The molecular weight excluding hydrogens is 469 g/mol. The smallest absolute Gasteiger partial charge is 0.416 e. The van der Waals surface area contributed by atoms with Gasteiger partial charge in [0, 0.05) is 17.8 Å². The van der Waals surface area contributed by atoms with E-state index in [1.807, 2.05) is 0 Å². The summed E-state index contributed by atoms with van der Waals surface area (Å²) in [6.07, 6.45) is -4.56. The molecular formula is C16H10Cl4F3NO4. The van der Waals surface area contributed by atoms with Gasteiger partial charge in [-0.05, 0) is 41.9 Å². The van der Waals surface area contributed by atoms with Crippen molar-refractivity contribution in [3.63, 3.8) is 0 Å². The molecule has 0 spiro atoms. The van der Waals surface area contributed by atoms with Crippen molar-refractivity contribution in [3.05, 3.63) is 62.7 Å². The second-order valence-electron chi connectivity index (χ2n) is 4.83. The molecule has 5 nitrogen and oxygen atoms in total. The molecule has 0 aromatic heterocycles. The van der Waals surface area contributed by atoms with E-state index in [2.05, 4.69) is 0 Å². The quantitative estimate of drug-likeness (QED) is 0.203. The van der Waals surface area contributed by atoms with Crippen molar-refractivity contribution in [1.29, 1.82) is 0 Å². The van der Waals surface area contributed by atoms with Crippen molar-refractivity contribution in [2.24, 2.45) is 0 Å². The molecule has 12 heteroatoms. The maximum atomic E-state index is 12.6. The van der Waals surface area contributed by atoms with Gasteiger partial charge in [0.2, 0.25) is 0 Å². The predicted molar refractivity (Wildman–Crippen MR) is 101 cm³/mol. The van der Waals surface area contributed by atoms with E-state index in [-0.39, 0.29) is 16.5 Å². The summed E-state index contributed by atoms with van der Waals surface area (Å²) in [6.45, 7) is 0. The Morgan fingerprint density at radius 1 is 1.11 bits per heavy atom. The zero-order valence-electron chi connectivity index (χ0n) is 13.6. The Labute approximate surface area is 177 Å². The molecule has 0 atom stereocenters. The number of nitro benzene ring substituents is 1. The summed E-state index contributed by atoms with van der Waals surface area (Å²) in [6, 6.07) is 5.59. The zero-order chi connectivity index (χ0) is 21.5. The molecule has 0 unspecified atom stereocenters. The summed E-state index contributed by atoms with van der Waals surface area (Å²) in [7, 11) is 0. The molecule has 152 valence electrons. The highest BCUT2D eigenvalue weighted by atomic mass is 35.5. The lowest BCUT2D eigenvalue weighted by molar-refractivity contribution is -0.385. The molecule has 0 saturated heterocycles. The second-order valence-corrected chi connectivity index (χ2v) is 6.34. The molecule has 0 aliphatic rings. The third-order valence-corrected chi connectivity index (χ3v) is 4.01. The van der Waals surface area contributed by atoms with Crippen LogP contribution in [0, 0.1) is 10.1 Å². The highest BCUT2D eigenvalue weighted by Gasteiger charge is 2.31. The normalized spacial score (nSPS) is 10.7. The van der Waals surface area contributed by atoms with Crippen molar-refractivity contribution in [2.45, 2.75) is 6.18 Å². The van der Waals surface area contributed by atoms with Crippen LogP contribution < -0.4 is 4.74 Å². The lowest BCUT2D eigenvalue weighted by atomic mass is 10.2. The average Bonchev–Trinajstić information content (AvgIpc) is 2.62. The maximum Gasteiger partial charge on any atom is 0.416 e. The number of hydrogen-bond acceptors (Lipinski definition) is 4. The third kappa shape index (κ3) is 7.01. The number of nitrogens with zero attached hydrogens (tertiary/aromatic N) is 1. The minimum atomic E-state index is -4.56. The van der Waals surface area contributed by atoms with Crippen LogP contribution >= 0.6 is 46.4 Å².